The largest absolute Gasteiger partial charge is 0.490 e. The van der Waals surface area contributed by atoms with Crippen molar-refractivity contribution in [1.29, 1.82) is 0 Å². The number of benzene rings is 2. The van der Waals surface area contributed by atoms with E-state index in [1.807, 2.05) is 38.1 Å². The Bertz CT molecular complexity index is 1140. The van der Waals surface area contributed by atoms with Crippen molar-refractivity contribution < 1.29 is 14.3 Å². The van der Waals surface area contributed by atoms with Crippen LogP contribution >= 0.6 is 11.6 Å². The van der Waals surface area contributed by atoms with Crippen molar-refractivity contribution in [2.45, 2.75) is 51.5 Å². The second kappa shape index (κ2) is 10.3. The van der Waals surface area contributed by atoms with Crippen molar-refractivity contribution >= 4 is 34.1 Å². The number of nitrogens with zero attached hydrogens (tertiary/aromatic N) is 1. The molecule has 0 unspecified atom stereocenters. The normalized spacial score (nSPS) is 18.2. The van der Waals surface area contributed by atoms with Gasteiger partial charge in [0.05, 0.1) is 18.7 Å². The van der Waals surface area contributed by atoms with Crippen LogP contribution in [0.4, 0.5) is 5.69 Å². The predicted molar refractivity (Wildman–Crippen MR) is 133 cm³/mol. The summed E-state index contributed by atoms with van der Waals surface area (Å²) in [4.78, 5) is 16.7. The lowest BCUT2D eigenvalue weighted by molar-refractivity contribution is 0.0998. The molecule has 1 fully saturated rings. The van der Waals surface area contributed by atoms with Crippen LogP contribution in [0, 0.1) is 0 Å². The fourth-order valence-electron chi connectivity index (χ4n) is 4.76. The quantitative estimate of drug-likeness (QED) is 0.429. The van der Waals surface area contributed by atoms with E-state index in [1.54, 1.807) is 18.3 Å². The average Bonchev–Trinajstić information content (AvgIpc) is 2.80. The van der Waals surface area contributed by atoms with Crippen molar-refractivity contribution in [1.82, 2.24) is 4.98 Å². The number of carbonyl (C=O) groups excluding carboxylic acids is 1. The highest BCUT2D eigenvalue weighted by Gasteiger charge is 2.30. The molecule has 7 heteroatoms. The van der Waals surface area contributed by atoms with Gasteiger partial charge in [-0.05, 0) is 81.8 Å². The fraction of sp³-hybridized carbons (Fsp3) is 0.385. The van der Waals surface area contributed by atoms with E-state index < -0.39 is 5.91 Å². The van der Waals surface area contributed by atoms with Crippen LogP contribution in [0.15, 0.2) is 42.6 Å². The number of nitrogens with one attached hydrogen (secondary N) is 1. The minimum absolute atomic E-state index is 0.181. The molecule has 3 aromatic rings. The summed E-state index contributed by atoms with van der Waals surface area (Å²) >= 11 is 6.13. The van der Waals surface area contributed by atoms with E-state index >= 15 is 0 Å². The van der Waals surface area contributed by atoms with Gasteiger partial charge in [-0.25, -0.2) is 0 Å². The number of rotatable bonds is 8. The number of aromatic nitrogens is 1. The highest BCUT2D eigenvalue weighted by atomic mass is 35.5. The van der Waals surface area contributed by atoms with E-state index in [9.17, 15) is 4.79 Å². The van der Waals surface area contributed by atoms with Crippen LogP contribution in [0.2, 0.25) is 5.02 Å². The molecule has 0 radical (unpaired) electrons. The first-order valence-electron chi connectivity index (χ1n) is 11.5. The third-order valence-corrected chi connectivity index (χ3v) is 6.45. The Morgan fingerprint density at radius 3 is 2.55 bits per heavy atom. The highest BCUT2D eigenvalue weighted by Crippen LogP contribution is 2.44. The zero-order chi connectivity index (χ0) is 23.4. The monoisotopic (exact) mass is 467 g/mol. The van der Waals surface area contributed by atoms with Gasteiger partial charge < -0.3 is 20.5 Å². The van der Waals surface area contributed by atoms with Gasteiger partial charge in [-0.15, -0.1) is 0 Å². The number of primary amides is 1. The summed E-state index contributed by atoms with van der Waals surface area (Å²) in [7, 11) is 0. The summed E-state index contributed by atoms with van der Waals surface area (Å²) in [5.74, 6) is 1.07. The van der Waals surface area contributed by atoms with Crippen molar-refractivity contribution in [3.05, 3.63) is 58.7 Å². The molecule has 6 nitrogen and oxygen atoms in total. The minimum Gasteiger partial charge on any atom is -0.490 e. The van der Waals surface area contributed by atoms with Crippen molar-refractivity contribution in [2.75, 3.05) is 18.5 Å². The first kappa shape index (κ1) is 23.2. The number of fused-ring (bicyclic) bond motifs is 1. The topological polar surface area (TPSA) is 86.5 Å². The Morgan fingerprint density at radius 1 is 1.09 bits per heavy atom. The molecule has 0 spiro atoms. The number of carbonyl (C=O) groups is 1. The highest BCUT2D eigenvalue weighted by molar-refractivity contribution is 6.31. The van der Waals surface area contributed by atoms with E-state index in [0.717, 1.165) is 47.8 Å². The molecule has 1 saturated carbocycles. The lowest BCUT2D eigenvalue weighted by Gasteiger charge is -2.32. The second-order valence-corrected chi connectivity index (χ2v) is 8.73. The Labute approximate surface area is 199 Å². The maximum Gasteiger partial charge on any atom is 0.249 e. The van der Waals surface area contributed by atoms with Crippen LogP contribution in [0.3, 0.4) is 0 Å². The van der Waals surface area contributed by atoms with Gasteiger partial charge in [0.25, 0.3) is 0 Å². The summed E-state index contributed by atoms with van der Waals surface area (Å²) in [5, 5.41) is 5.43. The molecule has 1 aliphatic rings. The van der Waals surface area contributed by atoms with Crippen LogP contribution in [0.1, 0.15) is 61.4 Å². The summed E-state index contributed by atoms with van der Waals surface area (Å²) in [6.07, 6.45) is 5.57. The summed E-state index contributed by atoms with van der Waals surface area (Å²) in [6, 6.07) is 11.7. The first-order chi connectivity index (χ1) is 16.0. The van der Waals surface area contributed by atoms with Crippen LogP contribution in [0.5, 0.6) is 11.5 Å². The molecular weight excluding hydrogens is 438 g/mol. The number of ether oxygens (including phenoxy) is 2. The smallest absolute Gasteiger partial charge is 0.249 e. The Balaban J connectivity index is 1.55. The minimum atomic E-state index is -0.434. The van der Waals surface area contributed by atoms with Gasteiger partial charge in [0.1, 0.15) is 0 Å². The molecule has 3 N–H and O–H groups in total. The first-order valence-corrected chi connectivity index (χ1v) is 11.9. The van der Waals surface area contributed by atoms with Crippen molar-refractivity contribution in [3.63, 3.8) is 0 Å². The van der Waals surface area contributed by atoms with Gasteiger partial charge >= 0.3 is 0 Å². The predicted octanol–water partition coefficient (Wildman–Crippen LogP) is 5.92. The van der Waals surface area contributed by atoms with Crippen molar-refractivity contribution in [2.24, 2.45) is 5.73 Å². The van der Waals surface area contributed by atoms with E-state index in [0.29, 0.717) is 41.3 Å². The van der Waals surface area contributed by atoms with E-state index in [4.69, 9.17) is 26.8 Å². The lowest BCUT2D eigenvalue weighted by atomic mass is 9.79. The van der Waals surface area contributed by atoms with Gasteiger partial charge in [0, 0.05) is 39.5 Å². The number of hydrogen-bond donors (Lipinski definition) is 2. The van der Waals surface area contributed by atoms with Crippen LogP contribution in [-0.4, -0.2) is 30.1 Å². The van der Waals surface area contributed by atoms with Gasteiger partial charge in [0.15, 0.2) is 11.5 Å². The number of anilines is 1. The fourth-order valence-corrected chi connectivity index (χ4v) is 4.92. The Hall–Kier alpha value is -2.99. The third-order valence-electron chi connectivity index (χ3n) is 6.21. The molecule has 0 atom stereocenters. The zero-order valence-electron chi connectivity index (χ0n) is 19.1. The van der Waals surface area contributed by atoms with Crippen LogP contribution in [-0.2, 0) is 0 Å². The molecular formula is C26H30ClN3O3. The molecule has 4 rings (SSSR count). The molecule has 2 aromatic carbocycles. The van der Waals surface area contributed by atoms with Crippen LogP contribution in [0.25, 0.3) is 10.9 Å². The third kappa shape index (κ3) is 5.01. The van der Waals surface area contributed by atoms with Crippen LogP contribution < -0.4 is 20.5 Å². The van der Waals surface area contributed by atoms with Gasteiger partial charge in [0.2, 0.25) is 5.91 Å². The zero-order valence-corrected chi connectivity index (χ0v) is 19.8. The number of halogens is 1. The molecule has 1 amide bonds. The number of hydrogen-bond acceptors (Lipinski definition) is 5. The van der Waals surface area contributed by atoms with Gasteiger partial charge in [-0.3, -0.25) is 9.78 Å². The van der Waals surface area contributed by atoms with Gasteiger partial charge in [-0.2, -0.15) is 0 Å². The molecule has 1 aliphatic carbocycles. The molecule has 33 heavy (non-hydrogen) atoms. The second-order valence-electron chi connectivity index (χ2n) is 8.30. The Kier molecular flexibility index (Phi) is 7.23. The molecule has 1 aromatic heterocycles. The molecule has 1 heterocycles. The lowest BCUT2D eigenvalue weighted by Crippen LogP contribution is -2.27. The molecule has 0 saturated heterocycles. The van der Waals surface area contributed by atoms with E-state index in [-0.39, 0.29) is 5.92 Å². The summed E-state index contributed by atoms with van der Waals surface area (Å²) < 4.78 is 11.8. The standard InChI is InChI=1S/C26H30ClN3O3/c1-3-32-23-12-11-20(26(28)31)24(25(23)33-4-2)16-5-8-18(9-6-16)30-21-13-14-29-22-15-17(27)7-10-19(21)22/h7,10-16,18H,3-6,8-9H2,1-2H3,(H2,28,31)(H,29,30). The number of amides is 1. The number of pyridine rings is 1. The average molecular weight is 468 g/mol. The van der Waals surface area contributed by atoms with E-state index in [1.165, 1.54) is 0 Å². The number of nitrogens with two attached hydrogens (primary N) is 1. The molecule has 174 valence electrons. The SMILES string of the molecule is CCOc1ccc(C(N)=O)c(C2CCC(Nc3ccnc4cc(Cl)ccc34)CC2)c1OCC. The van der Waals surface area contributed by atoms with Crippen molar-refractivity contribution in [3.8, 4) is 11.5 Å². The van der Waals surface area contributed by atoms with Gasteiger partial charge in [-0.1, -0.05) is 11.6 Å². The summed E-state index contributed by atoms with van der Waals surface area (Å²) in [5.41, 5.74) is 9.09. The maximum atomic E-state index is 12.2. The van der Waals surface area contributed by atoms with E-state index in [2.05, 4.69) is 10.3 Å². The maximum absolute atomic E-state index is 12.2. The summed E-state index contributed by atoms with van der Waals surface area (Å²) in [6.45, 7) is 4.89. The molecule has 0 bridgehead atoms. The molecule has 0 aliphatic heterocycles. The Morgan fingerprint density at radius 2 is 1.85 bits per heavy atom.